The van der Waals surface area contributed by atoms with Gasteiger partial charge in [-0.2, -0.15) is 4.98 Å². The van der Waals surface area contributed by atoms with Gasteiger partial charge in [0.05, 0.1) is 6.54 Å². The molecular weight excluding hydrogens is 344 g/mol. The van der Waals surface area contributed by atoms with Crippen LogP contribution in [0.5, 0.6) is 0 Å². The average molecular weight is 366 g/mol. The molecule has 2 N–H and O–H groups in total. The molecule has 27 heavy (non-hydrogen) atoms. The van der Waals surface area contributed by atoms with Crippen molar-refractivity contribution in [3.63, 3.8) is 0 Å². The lowest BCUT2D eigenvalue weighted by atomic mass is 9.98. The third-order valence-electron chi connectivity index (χ3n) is 4.75. The van der Waals surface area contributed by atoms with Crippen molar-refractivity contribution >= 4 is 6.03 Å². The lowest BCUT2D eigenvalue weighted by Crippen LogP contribution is -2.44. The average Bonchev–Trinajstić information content (AvgIpc) is 3.38. The van der Waals surface area contributed by atoms with E-state index in [2.05, 4.69) is 25.4 Å². The molecule has 0 aliphatic carbocycles. The molecule has 1 unspecified atom stereocenters. The Balaban J connectivity index is 1.34. The van der Waals surface area contributed by atoms with E-state index in [1.165, 1.54) is 0 Å². The molecule has 1 aliphatic rings. The lowest BCUT2D eigenvalue weighted by molar-refractivity contribution is 0.176. The fourth-order valence-corrected chi connectivity index (χ4v) is 3.38. The second kappa shape index (κ2) is 7.61. The fourth-order valence-electron chi connectivity index (χ4n) is 3.38. The predicted molar refractivity (Wildman–Crippen MR) is 98.8 cm³/mol. The predicted octanol–water partition coefficient (Wildman–Crippen LogP) is 2.86. The number of amides is 2. The Morgan fingerprint density at radius 3 is 3.19 bits per heavy atom. The number of hydrogen-bond donors (Lipinski definition) is 2. The third-order valence-corrected chi connectivity index (χ3v) is 4.75. The summed E-state index contributed by atoms with van der Waals surface area (Å²) in [5.74, 6) is 2.10. The summed E-state index contributed by atoms with van der Waals surface area (Å²) in [5.41, 5.74) is 2.03. The van der Waals surface area contributed by atoms with E-state index in [0.717, 1.165) is 36.3 Å². The van der Waals surface area contributed by atoms with E-state index < -0.39 is 0 Å². The summed E-state index contributed by atoms with van der Waals surface area (Å²) in [6, 6.07) is 7.77. The zero-order valence-corrected chi connectivity index (χ0v) is 15.2. The molecule has 0 spiro atoms. The van der Waals surface area contributed by atoms with Gasteiger partial charge in [0.1, 0.15) is 5.82 Å². The van der Waals surface area contributed by atoms with Crippen molar-refractivity contribution in [3.05, 3.63) is 53.9 Å². The van der Waals surface area contributed by atoms with Gasteiger partial charge in [-0.3, -0.25) is 0 Å². The van der Waals surface area contributed by atoms with E-state index in [1.807, 2.05) is 42.3 Å². The summed E-state index contributed by atoms with van der Waals surface area (Å²) in [6.45, 7) is 3.61. The number of rotatable bonds is 4. The van der Waals surface area contributed by atoms with Crippen molar-refractivity contribution in [2.75, 3.05) is 13.1 Å². The van der Waals surface area contributed by atoms with Crippen molar-refractivity contribution in [2.24, 2.45) is 0 Å². The van der Waals surface area contributed by atoms with Crippen LogP contribution < -0.4 is 5.32 Å². The van der Waals surface area contributed by atoms with E-state index in [9.17, 15) is 4.79 Å². The highest BCUT2D eigenvalue weighted by Crippen LogP contribution is 2.24. The van der Waals surface area contributed by atoms with Crippen molar-refractivity contribution in [2.45, 2.75) is 32.2 Å². The number of aryl methyl sites for hydroxylation is 1. The number of aromatic nitrogens is 4. The first kappa shape index (κ1) is 17.3. The van der Waals surface area contributed by atoms with Gasteiger partial charge in [0.25, 0.3) is 0 Å². The van der Waals surface area contributed by atoms with Crippen LogP contribution in [0.4, 0.5) is 4.79 Å². The number of carbonyl (C=O) groups excluding carboxylic acids is 1. The second-order valence-corrected chi connectivity index (χ2v) is 6.80. The number of piperidine rings is 1. The van der Waals surface area contributed by atoms with Gasteiger partial charge in [0.2, 0.25) is 11.7 Å². The van der Waals surface area contributed by atoms with Gasteiger partial charge >= 0.3 is 6.03 Å². The molecule has 1 aromatic carbocycles. The summed E-state index contributed by atoms with van der Waals surface area (Å²) in [5, 5.41) is 6.87. The normalized spacial score (nSPS) is 17.1. The summed E-state index contributed by atoms with van der Waals surface area (Å²) >= 11 is 0. The number of likely N-dealkylation sites (tertiary alicyclic amines) is 1. The maximum absolute atomic E-state index is 12.5. The van der Waals surface area contributed by atoms with Crippen LogP contribution in [0.3, 0.4) is 0 Å². The highest BCUT2D eigenvalue weighted by Gasteiger charge is 2.26. The maximum atomic E-state index is 12.5. The fraction of sp³-hybridized carbons (Fsp3) is 0.368. The Morgan fingerprint density at radius 2 is 2.37 bits per heavy atom. The summed E-state index contributed by atoms with van der Waals surface area (Å²) in [6.07, 6.45) is 5.54. The van der Waals surface area contributed by atoms with Crippen molar-refractivity contribution in [1.29, 1.82) is 0 Å². The highest BCUT2D eigenvalue weighted by atomic mass is 16.5. The Bertz CT molecular complexity index is 905. The van der Waals surface area contributed by atoms with Crippen molar-refractivity contribution in [3.8, 4) is 11.4 Å². The zero-order chi connectivity index (χ0) is 18.6. The number of urea groups is 1. The van der Waals surface area contributed by atoms with Gasteiger partial charge in [0, 0.05) is 37.0 Å². The molecule has 4 rings (SSSR count). The smallest absolute Gasteiger partial charge is 0.317 e. The molecule has 1 fully saturated rings. The summed E-state index contributed by atoms with van der Waals surface area (Å²) in [7, 11) is 0. The molecule has 0 saturated carbocycles. The van der Waals surface area contributed by atoms with E-state index in [1.54, 1.807) is 6.20 Å². The summed E-state index contributed by atoms with van der Waals surface area (Å²) < 4.78 is 5.27. The minimum absolute atomic E-state index is 0.124. The van der Waals surface area contributed by atoms with Gasteiger partial charge in [-0.1, -0.05) is 28.9 Å². The molecule has 0 radical (unpaired) electrons. The molecule has 1 atom stereocenters. The number of imidazole rings is 1. The monoisotopic (exact) mass is 366 g/mol. The molecule has 3 aromatic rings. The minimum Gasteiger partial charge on any atom is -0.348 e. The molecule has 3 heterocycles. The van der Waals surface area contributed by atoms with Gasteiger partial charge in [-0.25, -0.2) is 9.78 Å². The quantitative estimate of drug-likeness (QED) is 0.739. The van der Waals surface area contributed by atoms with Crippen LogP contribution in [0.15, 0.2) is 41.2 Å². The number of nitrogens with one attached hydrogen (secondary N) is 2. The van der Waals surface area contributed by atoms with Gasteiger partial charge in [0.15, 0.2) is 0 Å². The Kier molecular flexibility index (Phi) is 4.86. The maximum Gasteiger partial charge on any atom is 0.317 e. The first-order chi connectivity index (χ1) is 13.2. The van der Waals surface area contributed by atoms with Crippen LogP contribution in [-0.4, -0.2) is 44.1 Å². The van der Waals surface area contributed by atoms with E-state index in [-0.39, 0.29) is 18.5 Å². The van der Waals surface area contributed by atoms with Crippen molar-refractivity contribution in [1.82, 2.24) is 30.3 Å². The molecule has 0 bridgehead atoms. The SMILES string of the molecule is Cc1cccc(-c2noc(CNC(=O)N3CCCC(c4ncc[nH]4)C3)n2)c1. The molecule has 8 heteroatoms. The van der Waals surface area contributed by atoms with Crippen LogP contribution >= 0.6 is 0 Å². The first-order valence-corrected chi connectivity index (χ1v) is 9.11. The minimum atomic E-state index is -0.124. The number of nitrogens with zero attached hydrogens (tertiary/aromatic N) is 4. The Hall–Kier alpha value is -3.16. The van der Waals surface area contributed by atoms with E-state index >= 15 is 0 Å². The molecule has 8 nitrogen and oxygen atoms in total. The topological polar surface area (TPSA) is 99.9 Å². The van der Waals surface area contributed by atoms with Crippen LogP contribution in [0, 0.1) is 6.92 Å². The van der Waals surface area contributed by atoms with Crippen LogP contribution in [-0.2, 0) is 6.54 Å². The largest absolute Gasteiger partial charge is 0.348 e. The lowest BCUT2D eigenvalue weighted by Gasteiger charge is -2.31. The number of benzene rings is 1. The zero-order valence-electron chi connectivity index (χ0n) is 15.2. The highest BCUT2D eigenvalue weighted by molar-refractivity contribution is 5.74. The van der Waals surface area contributed by atoms with Crippen LogP contribution in [0.2, 0.25) is 0 Å². The number of carbonyl (C=O) groups is 1. The van der Waals surface area contributed by atoms with Gasteiger partial charge in [-0.05, 0) is 25.8 Å². The second-order valence-electron chi connectivity index (χ2n) is 6.80. The third kappa shape index (κ3) is 3.99. The molecular formula is C19H22N6O2. The van der Waals surface area contributed by atoms with Gasteiger partial charge in [-0.15, -0.1) is 0 Å². The molecule has 1 saturated heterocycles. The first-order valence-electron chi connectivity index (χ1n) is 9.11. The standard InChI is InChI=1S/C19H22N6O2/c1-13-4-2-5-14(10-13)18-23-16(27-24-18)11-22-19(26)25-9-3-6-15(12-25)17-20-7-8-21-17/h2,4-5,7-8,10,15H,3,6,9,11-12H2,1H3,(H,20,21)(H,22,26). The number of H-pyrrole nitrogens is 1. The molecule has 2 aromatic heterocycles. The summed E-state index contributed by atoms with van der Waals surface area (Å²) in [4.78, 5) is 26.1. The van der Waals surface area contributed by atoms with Crippen LogP contribution in [0.1, 0.15) is 36.0 Å². The molecule has 2 amide bonds. The van der Waals surface area contributed by atoms with Gasteiger partial charge < -0.3 is 19.7 Å². The van der Waals surface area contributed by atoms with Crippen LogP contribution in [0.25, 0.3) is 11.4 Å². The van der Waals surface area contributed by atoms with E-state index in [4.69, 9.17) is 4.52 Å². The number of hydrogen-bond acceptors (Lipinski definition) is 5. The number of aromatic amines is 1. The molecule has 1 aliphatic heterocycles. The Labute approximate surface area is 157 Å². The molecule has 140 valence electrons. The Morgan fingerprint density at radius 1 is 1.44 bits per heavy atom. The van der Waals surface area contributed by atoms with E-state index in [0.29, 0.717) is 18.3 Å². The van der Waals surface area contributed by atoms with Crippen molar-refractivity contribution < 1.29 is 9.32 Å².